The van der Waals surface area contributed by atoms with E-state index < -0.39 is 0 Å². The Bertz CT molecular complexity index is 353. The highest BCUT2D eigenvalue weighted by atomic mass is 15.3. The molecule has 0 saturated carbocycles. The van der Waals surface area contributed by atoms with Gasteiger partial charge in [-0.15, -0.1) is 10.2 Å². The Balaban J connectivity index is 0.000000336. The van der Waals surface area contributed by atoms with Gasteiger partial charge >= 0.3 is 0 Å². The predicted octanol–water partition coefficient (Wildman–Crippen LogP) is 1.46. The van der Waals surface area contributed by atoms with E-state index in [1.165, 1.54) is 0 Å². The minimum atomic E-state index is 0.783. The van der Waals surface area contributed by atoms with Crippen LogP contribution in [0.4, 0.5) is 0 Å². The minimum Gasteiger partial charge on any atom is -0.200 e. The van der Waals surface area contributed by atoms with Gasteiger partial charge in [-0.1, -0.05) is 13.8 Å². The molecule has 0 atom stereocenters. The summed E-state index contributed by atoms with van der Waals surface area (Å²) in [6.07, 6.45) is 1.59. The monoisotopic (exact) mass is 164 g/mol. The highest BCUT2D eigenvalue weighted by Crippen LogP contribution is 1.96. The molecule has 0 amide bonds. The highest BCUT2D eigenvalue weighted by molar-refractivity contribution is 5.33. The molecule has 0 saturated heterocycles. The molecule has 0 N–H and O–H groups in total. The second kappa shape index (κ2) is 3.80. The van der Waals surface area contributed by atoms with Crippen LogP contribution < -0.4 is 0 Å². The third-order valence-corrected chi connectivity index (χ3v) is 1.30. The van der Waals surface area contributed by atoms with Crippen molar-refractivity contribution in [2.24, 2.45) is 0 Å². The van der Waals surface area contributed by atoms with Gasteiger partial charge < -0.3 is 0 Å². The Morgan fingerprint density at radius 1 is 1.25 bits per heavy atom. The lowest BCUT2D eigenvalue weighted by Gasteiger charge is -1.90. The summed E-state index contributed by atoms with van der Waals surface area (Å²) < 4.78 is 1.65. The zero-order chi connectivity index (χ0) is 8.97. The van der Waals surface area contributed by atoms with E-state index >= 15 is 0 Å². The fourth-order valence-corrected chi connectivity index (χ4v) is 0.824. The Morgan fingerprint density at radius 3 is 2.75 bits per heavy atom. The van der Waals surface area contributed by atoms with Gasteiger partial charge in [-0.2, -0.15) is 5.10 Å². The molecule has 2 aromatic rings. The van der Waals surface area contributed by atoms with Crippen molar-refractivity contribution < 1.29 is 0 Å². The van der Waals surface area contributed by atoms with Crippen molar-refractivity contribution in [3.05, 3.63) is 24.2 Å². The highest BCUT2D eigenvalue weighted by Gasteiger charge is 1.92. The number of rotatable bonds is 0. The van der Waals surface area contributed by atoms with Crippen molar-refractivity contribution in [3.8, 4) is 0 Å². The first-order valence-electron chi connectivity index (χ1n) is 4.00. The van der Waals surface area contributed by atoms with E-state index in [0.717, 1.165) is 11.3 Å². The van der Waals surface area contributed by atoms with Gasteiger partial charge in [-0.25, -0.2) is 4.52 Å². The summed E-state index contributed by atoms with van der Waals surface area (Å²) in [5.41, 5.74) is 1.75. The number of nitrogens with zero attached hydrogens (tertiary/aromatic N) is 4. The van der Waals surface area contributed by atoms with Crippen molar-refractivity contribution in [3.63, 3.8) is 0 Å². The lowest BCUT2D eigenvalue weighted by molar-refractivity contribution is 0.893. The van der Waals surface area contributed by atoms with Crippen LogP contribution in [0.5, 0.6) is 0 Å². The van der Waals surface area contributed by atoms with E-state index in [-0.39, 0.29) is 0 Å². The van der Waals surface area contributed by atoms with Crippen LogP contribution in [-0.4, -0.2) is 19.8 Å². The molecule has 0 aliphatic heterocycles. The largest absolute Gasteiger partial charge is 0.200 e. The average molecular weight is 164 g/mol. The normalized spacial score (nSPS) is 9.25. The molecule has 2 heterocycles. The Morgan fingerprint density at radius 2 is 2.00 bits per heavy atom. The summed E-state index contributed by atoms with van der Waals surface area (Å²) >= 11 is 0. The lowest BCUT2D eigenvalue weighted by atomic mass is 10.4. The molecule has 0 spiro atoms. The van der Waals surface area contributed by atoms with Gasteiger partial charge in [-0.3, -0.25) is 0 Å². The number of aryl methyl sites for hydroxylation is 1. The molecule has 12 heavy (non-hydrogen) atoms. The van der Waals surface area contributed by atoms with Crippen LogP contribution in [0.15, 0.2) is 18.5 Å². The zero-order valence-corrected chi connectivity index (χ0v) is 7.52. The third-order valence-electron chi connectivity index (χ3n) is 1.30. The molecule has 4 nitrogen and oxygen atoms in total. The van der Waals surface area contributed by atoms with E-state index in [9.17, 15) is 0 Å². The molecule has 0 aliphatic carbocycles. The SMILES string of the molecule is CC.Cc1ccc2nncn2n1. The summed E-state index contributed by atoms with van der Waals surface area (Å²) in [4.78, 5) is 0. The molecule has 4 heteroatoms. The van der Waals surface area contributed by atoms with E-state index in [1.807, 2.05) is 32.9 Å². The predicted molar refractivity (Wildman–Crippen MR) is 46.9 cm³/mol. The molecular formula is C8H12N4. The van der Waals surface area contributed by atoms with Crippen LogP contribution in [0.1, 0.15) is 19.5 Å². The molecule has 64 valence electrons. The summed E-state index contributed by atoms with van der Waals surface area (Å²) in [5, 5.41) is 11.6. The first kappa shape index (κ1) is 8.64. The maximum absolute atomic E-state index is 4.13. The first-order chi connectivity index (χ1) is 5.86. The molecule has 0 aliphatic rings. The van der Waals surface area contributed by atoms with Crippen molar-refractivity contribution in [1.82, 2.24) is 19.8 Å². The molecule has 2 rings (SSSR count). The van der Waals surface area contributed by atoms with E-state index in [2.05, 4.69) is 15.3 Å². The van der Waals surface area contributed by atoms with Crippen molar-refractivity contribution in [1.29, 1.82) is 0 Å². The number of hydrogen-bond acceptors (Lipinski definition) is 3. The number of hydrogen-bond donors (Lipinski definition) is 0. The van der Waals surface area contributed by atoms with Crippen LogP contribution in [0, 0.1) is 6.92 Å². The van der Waals surface area contributed by atoms with Crippen LogP contribution in [-0.2, 0) is 0 Å². The molecule has 0 radical (unpaired) electrons. The Hall–Kier alpha value is -1.45. The topological polar surface area (TPSA) is 43.1 Å². The van der Waals surface area contributed by atoms with E-state index in [4.69, 9.17) is 0 Å². The van der Waals surface area contributed by atoms with Gasteiger partial charge in [0.25, 0.3) is 0 Å². The summed E-state index contributed by atoms with van der Waals surface area (Å²) in [7, 11) is 0. The Labute approximate surface area is 71.2 Å². The zero-order valence-electron chi connectivity index (χ0n) is 7.52. The number of aromatic nitrogens is 4. The third kappa shape index (κ3) is 1.58. The maximum Gasteiger partial charge on any atom is 0.177 e. The Kier molecular flexibility index (Phi) is 2.74. The average Bonchev–Trinajstić information content (AvgIpc) is 2.54. The standard InChI is InChI=1S/C6H6N4.C2H6/c1-5-2-3-6-8-7-4-10(6)9-5;1-2/h2-4H,1H3;1-2H3. The fourth-order valence-electron chi connectivity index (χ4n) is 0.824. The first-order valence-corrected chi connectivity index (χ1v) is 4.00. The number of fused-ring (bicyclic) bond motifs is 1. The van der Waals surface area contributed by atoms with Crippen LogP contribution in [0.2, 0.25) is 0 Å². The second-order valence-corrected chi connectivity index (χ2v) is 2.11. The second-order valence-electron chi connectivity index (χ2n) is 2.11. The quantitative estimate of drug-likeness (QED) is 0.592. The van der Waals surface area contributed by atoms with Crippen molar-refractivity contribution >= 4 is 5.65 Å². The fraction of sp³-hybridized carbons (Fsp3) is 0.375. The molecule has 0 unspecified atom stereocenters. The maximum atomic E-state index is 4.13. The van der Waals surface area contributed by atoms with Crippen molar-refractivity contribution in [2.75, 3.05) is 0 Å². The van der Waals surface area contributed by atoms with Gasteiger partial charge in [0.05, 0.1) is 5.69 Å². The summed E-state index contributed by atoms with van der Waals surface area (Å²) in [6.45, 7) is 5.93. The lowest BCUT2D eigenvalue weighted by Crippen LogP contribution is -1.91. The van der Waals surface area contributed by atoms with E-state index in [0.29, 0.717) is 0 Å². The summed E-state index contributed by atoms with van der Waals surface area (Å²) in [6, 6.07) is 3.79. The van der Waals surface area contributed by atoms with Crippen LogP contribution in [0.3, 0.4) is 0 Å². The van der Waals surface area contributed by atoms with Crippen molar-refractivity contribution in [2.45, 2.75) is 20.8 Å². The van der Waals surface area contributed by atoms with Gasteiger partial charge in [0.1, 0.15) is 6.33 Å². The smallest absolute Gasteiger partial charge is 0.177 e. The van der Waals surface area contributed by atoms with Gasteiger partial charge in [0.15, 0.2) is 5.65 Å². The van der Waals surface area contributed by atoms with Crippen LogP contribution >= 0.6 is 0 Å². The molecule has 2 aromatic heterocycles. The van der Waals surface area contributed by atoms with Crippen LogP contribution in [0.25, 0.3) is 5.65 Å². The van der Waals surface area contributed by atoms with Gasteiger partial charge in [0.2, 0.25) is 0 Å². The molecule has 0 aromatic carbocycles. The summed E-state index contributed by atoms with van der Waals surface area (Å²) in [5.74, 6) is 0. The van der Waals surface area contributed by atoms with Gasteiger partial charge in [0, 0.05) is 0 Å². The van der Waals surface area contributed by atoms with Gasteiger partial charge in [-0.05, 0) is 19.1 Å². The molecule has 0 bridgehead atoms. The van der Waals surface area contributed by atoms with E-state index in [1.54, 1.807) is 10.8 Å². The molecule has 0 fully saturated rings. The molecular weight excluding hydrogens is 152 g/mol. The minimum absolute atomic E-state index is 0.783.